The van der Waals surface area contributed by atoms with E-state index in [0.717, 1.165) is 6.54 Å². The zero-order valence-electron chi connectivity index (χ0n) is 9.59. The van der Waals surface area contributed by atoms with Gasteiger partial charge in [0.05, 0.1) is 6.33 Å². The molecular weight excluding hydrogens is 204 g/mol. The van der Waals surface area contributed by atoms with Gasteiger partial charge in [0.25, 0.3) is 5.91 Å². The van der Waals surface area contributed by atoms with Crippen molar-refractivity contribution in [1.82, 2.24) is 14.5 Å². The molecule has 0 bridgehead atoms. The zero-order chi connectivity index (χ0) is 11.5. The average molecular weight is 222 g/mol. The summed E-state index contributed by atoms with van der Waals surface area (Å²) in [6.07, 6.45) is 5.92. The average Bonchev–Trinajstić information content (AvgIpc) is 2.95. The van der Waals surface area contributed by atoms with Crippen LogP contribution in [0.3, 0.4) is 0 Å². The maximum Gasteiger partial charge on any atom is 0.273 e. The van der Waals surface area contributed by atoms with Crippen LogP contribution in [0.2, 0.25) is 0 Å². The summed E-state index contributed by atoms with van der Waals surface area (Å²) >= 11 is 0. The summed E-state index contributed by atoms with van der Waals surface area (Å²) in [6, 6.07) is 0. The largest absolute Gasteiger partial charge is 0.340 e. The van der Waals surface area contributed by atoms with Gasteiger partial charge in [-0.25, -0.2) is 4.98 Å². The van der Waals surface area contributed by atoms with Gasteiger partial charge >= 0.3 is 0 Å². The van der Waals surface area contributed by atoms with Crippen molar-refractivity contribution in [2.75, 3.05) is 20.1 Å². The Morgan fingerprint density at radius 3 is 3.06 bits per heavy atom. The quantitative estimate of drug-likeness (QED) is 0.780. The van der Waals surface area contributed by atoms with Crippen LogP contribution in [0.4, 0.5) is 0 Å². The molecule has 1 aliphatic carbocycles. The van der Waals surface area contributed by atoms with Gasteiger partial charge in [0.1, 0.15) is 5.69 Å². The molecule has 5 heteroatoms. The highest BCUT2D eigenvalue weighted by molar-refractivity contribution is 5.91. The first-order valence-electron chi connectivity index (χ1n) is 5.68. The van der Waals surface area contributed by atoms with Crippen LogP contribution >= 0.6 is 0 Å². The summed E-state index contributed by atoms with van der Waals surface area (Å²) in [6.45, 7) is 2.11. The van der Waals surface area contributed by atoms with E-state index in [4.69, 9.17) is 5.73 Å². The third-order valence-electron chi connectivity index (χ3n) is 2.82. The molecule has 1 heterocycles. The zero-order valence-corrected chi connectivity index (χ0v) is 9.59. The molecule has 1 aromatic heterocycles. The first kappa shape index (κ1) is 11.1. The van der Waals surface area contributed by atoms with Crippen LogP contribution in [0.15, 0.2) is 12.5 Å². The van der Waals surface area contributed by atoms with Crippen LogP contribution < -0.4 is 5.73 Å². The number of nitrogens with two attached hydrogens (primary N) is 1. The summed E-state index contributed by atoms with van der Waals surface area (Å²) in [5, 5.41) is 0. The molecule has 1 aromatic rings. The lowest BCUT2D eigenvalue weighted by atomic mass is 10.3. The van der Waals surface area contributed by atoms with E-state index in [1.807, 2.05) is 11.6 Å². The van der Waals surface area contributed by atoms with Gasteiger partial charge in [-0.3, -0.25) is 4.79 Å². The lowest BCUT2D eigenvalue weighted by molar-refractivity contribution is 0.0783. The maximum absolute atomic E-state index is 11.9. The van der Waals surface area contributed by atoms with Crippen LogP contribution in [-0.4, -0.2) is 40.5 Å². The number of nitrogens with zero attached hydrogens (tertiary/aromatic N) is 3. The maximum atomic E-state index is 11.9. The Labute approximate surface area is 95.2 Å². The van der Waals surface area contributed by atoms with E-state index in [1.54, 1.807) is 17.4 Å². The van der Waals surface area contributed by atoms with E-state index in [2.05, 4.69) is 4.98 Å². The van der Waals surface area contributed by atoms with Crippen molar-refractivity contribution in [3.8, 4) is 0 Å². The molecule has 1 aliphatic rings. The van der Waals surface area contributed by atoms with Crippen molar-refractivity contribution in [1.29, 1.82) is 0 Å². The molecule has 0 aromatic carbocycles. The third kappa shape index (κ3) is 2.61. The van der Waals surface area contributed by atoms with Gasteiger partial charge < -0.3 is 15.2 Å². The Morgan fingerprint density at radius 2 is 2.44 bits per heavy atom. The second-order valence-corrected chi connectivity index (χ2v) is 4.41. The predicted molar refractivity (Wildman–Crippen MR) is 61.0 cm³/mol. The van der Waals surface area contributed by atoms with Crippen molar-refractivity contribution in [3.63, 3.8) is 0 Å². The Bertz CT molecular complexity index is 370. The molecule has 2 rings (SSSR count). The summed E-state index contributed by atoms with van der Waals surface area (Å²) in [7, 11) is 1.84. The van der Waals surface area contributed by atoms with Crippen molar-refractivity contribution in [3.05, 3.63) is 18.2 Å². The summed E-state index contributed by atoms with van der Waals surface area (Å²) in [5.41, 5.74) is 5.95. The number of imidazole rings is 1. The number of hydrogen-bond donors (Lipinski definition) is 1. The monoisotopic (exact) mass is 222 g/mol. The standard InChI is InChI=1S/C11H18N4O/c1-14(6-9-2-3-9)11(16)10-7-15(5-4-12)8-13-10/h7-9H,2-6,12H2,1H3. The lowest BCUT2D eigenvalue weighted by Crippen LogP contribution is -2.29. The summed E-state index contributed by atoms with van der Waals surface area (Å²) in [5.74, 6) is 0.711. The minimum absolute atomic E-state index is 0.00247. The van der Waals surface area contributed by atoms with Gasteiger partial charge in [0.2, 0.25) is 0 Å². The van der Waals surface area contributed by atoms with E-state index in [-0.39, 0.29) is 5.91 Å². The third-order valence-corrected chi connectivity index (χ3v) is 2.82. The molecule has 5 nitrogen and oxygen atoms in total. The van der Waals surface area contributed by atoms with Gasteiger partial charge in [0, 0.05) is 32.9 Å². The van der Waals surface area contributed by atoms with Gasteiger partial charge in [0.15, 0.2) is 0 Å². The van der Waals surface area contributed by atoms with Crippen molar-refractivity contribution >= 4 is 5.91 Å². The van der Waals surface area contributed by atoms with Crippen molar-refractivity contribution in [2.45, 2.75) is 19.4 Å². The van der Waals surface area contributed by atoms with Gasteiger partial charge in [-0.15, -0.1) is 0 Å². The highest BCUT2D eigenvalue weighted by Crippen LogP contribution is 2.29. The second kappa shape index (κ2) is 4.65. The van der Waals surface area contributed by atoms with Gasteiger partial charge in [-0.05, 0) is 18.8 Å². The molecule has 0 aliphatic heterocycles. The number of carbonyl (C=O) groups excluding carboxylic acids is 1. The Kier molecular flexibility index (Phi) is 3.24. The molecule has 1 amide bonds. The first-order valence-corrected chi connectivity index (χ1v) is 5.68. The molecule has 0 unspecified atom stereocenters. The topological polar surface area (TPSA) is 64.2 Å². The van der Waals surface area contributed by atoms with E-state index < -0.39 is 0 Å². The fraction of sp³-hybridized carbons (Fsp3) is 0.636. The molecule has 1 fully saturated rings. The van der Waals surface area contributed by atoms with E-state index >= 15 is 0 Å². The molecule has 2 N–H and O–H groups in total. The second-order valence-electron chi connectivity index (χ2n) is 4.41. The fourth-order valence-corrected chi connectivity index (χ4v) is 1.71. The fourth-order valence-electron chi connectivity index (χ4n) is 1.71. The number of rotatable bonds is 5. The smallest absolute Gasteiger partial charge is 0.273 e. The molecule has 0 saturated heterocycles. The molecule has 88 valence electrons. The van der Waals surface area contributed by atoms with Crippen molar-refractivity contribution in [2.24, 2.45) is 11.7 Å². The summed E-state index contributed by atoms with van der Waals surface area (Å²) < 4.78 is 1.85. The first-order chi connectivity index (χ1) is 7.70. The molecule has 1 saturated carbocycles. The van der Waals surface area contributed by atoms with Gasteiger partial charge in [-0.1, -0.05) is 0 Å². The molecular formula is C11H18N4O. The Morgan fingerprint density at radius 1 is 1.69 bits per heavy atom. The van der Waals surface area contributed by atoms with Gasteiger partial charge in [-0.2, -0.15) is 0 Å². The normalized spacial score (nSPS) is 15.1. The van der Waals surface area contributed by atoms with E-state index in [9.17, 15) is 4.79 Å². The van der Waals surface area contributed by atoms with Crippen LogP contribution in [0, 0.1) is 5.92 Å². The minimum Gasteiger partial charge on any atom is -0.340 e. The predicted octanol–water partition coefficient (Wildman–Crippen LogP) is 0.324. The highest BCUT2D eigenvalue weighted by Gasteiger charge is 2.25. The molecule has 0 atom stereocenters. The van der Waals surface area contributed by atoms with Crippen molar-refractivity contribution < 1.29 is 4.79 Å². The highest BCUT2D eigenvalue weighted by atomic mass is 16.2. The number of hydrogen-bond acceptors (Lipinski definition) is 3. The molecule has 16 heavy (non-hydrogen) atoms. The number of amides is 1. The summed E-state index contributed by atoms with van der Waals surface area (Å²) in [4.78, 5) is 17.8. The lowest BCUT2D eigenvalue weighted by Gasteiger charge is -2.14. The Balaban J connectivity index is 1.95. The van der Waals surface area contributed by atoms with Crippen LogP contribution in [0.25, 0.3) is 0 Å². The van der Waals surface area contributed by atoms with Crippen LogP contribution in [0.1, 0.15) is 23.3 Å². The van der Waals surface area contributed by atoms with Crippen LogP contribution in [0.5, 0.6) is 0 Å². The van der Waals surface area contributed by atoms with E-state index in [0.29, 0.717) is 24.7 Å². The number of carbonyl (C=O) groups is 1. The Hall–Kier alpha value is -1.36. The SMILES string of the molecule is CN(CC1CC1)C(=O)c1cn(CCN)cn1. The van der Waals surface area contributed by atoms with E-state index in [1.165, 1.54) is 12.8 Å². The number of aromatic nitrogens is 2. The molecule has 0 spiro atoms. The minimum atomic E-state index is 0.00247. The van der Waals surface area contributed by atoms with Crippen LogP contribution in [-0.2, 0) is 6.54 Å². The molecule has 0 radical (unpaired) electrons.